The predicted octanol–water partition coefficient (Wildman–Crippen LogP) is 3.25. The summed E-state index contributed by atoms with van der Waals surface area (Å²) in [6.07, 6.45) is 0.365. The van der Waals surface area contributed by atoms with Gasteiger partial charge >= 0.3 is 6.09 Å². The van der Waals surface area contributed by atoms with E-state index < -0.39 is 17.7 Å². The second-order valence-electron chi connectivity index (χ2n) is 5.65. The van der Waals surface area contributed by atoms with Crippen LogP contribution in [0.25, 0.3) is 0 Å². The molecule has 0 saturated heterocycles. The van der Waals surface area contributed by atoms with Crippen LogP contribution in [-0.4, -0.2) is 35.0 Å². The number of ether oxygens (including phenoxy) is 1. The molecule has 2 unspecified atom stereocenters. The molecule has 0 heterocycles. The topological polar surface area (TPSA) is 46.6 Å². The van der Waals surface area contributed by atoms with Crippen LogP contribution in [0.3, 0.4) is 0 Å². The smallest absolute Gasteiger partial charge is 0.410 e. The van der Waals surface area contributed by atoms with E-state index in [9.17, 15) is 9.59 Å². The van der Waals surface area contributed by atoms with Crippen LogP contribution in [0.4, 0.5) is 4.79 Å². The Hall–Kier alpha value is -1.06. The summed E-state index contributed by atoms with van der Waals surface area (Å²) in [5.74, 6) is 0.0571. The quantitative estimate of drug-likeness (QED) is 0.759. The normalized spacial score (nSPS) is 14.8. The van der Waals surface area contributed by atoms with Crippen LogP contribution in [0, 0.1) is 5.92 Å². The van der Waals surface area contributed by atoms with E-state index in [1.54, 1.807) is 6.92 Å². The number of amides is 1. The van der Waals surface area contributed by atoms with Gasteiger partial charge in [0, 0.05) is 12.5 Å². The van der Waals surface area contributed by atoms with E-state index in [0.29, 0.717) is 6.54 Å². The van der Waals surface area contributed by atoms with Crippen molar-refractivity contribution in [2.45, 2.75) is 66.5 Å². The highest BCUT2D eigenvalue weighted by atomic mass is 16.6. The van der Waals surface area contributed by atoms with Gasteiger partial charge in [-0.3, -0.25) is 9.69 Å². The van der Waals surface area contributed by atoms with E-state index in [4.69, 9.17) is 4.74 Å². The Morgan fingerprint density at radius 1 is 1.17 bits per heavy atom. The van der Waals surface area contributed by atoms with Crippen LogP contribution >= 0.6 is 0 Å². The molecule has 0 spiro atoms. The van der Waals surface area contributed by atoms with Crippen molar-refractivity contribution in [3.8, 4) is 0 Å². The molecule has 0 aromatic rings. The molecule has 0 aromatic carbocycles. The van der Waals surface area contributed by atoms with Gasteiger partial charge in [0.25, 0.3) is 0 Å². The van der Waals surface area contributed by atoms with E-state index in [-0.39, 0.29) is 11.7 Å². The Balaban J connectivity index is 4.77. The molecule has 0 N–H and O–H groups in total. The number of carbonyl (C=O) groups excluding carboxylic acids is 2. The zero-order chi connectivity index (χ0) is 14.5. The van der Waals surface area contributed by atoms with E-state index in [1.807, 2.05) is 41.5 Å². The largest absolute Gasteiger partial charge is 0.444 e. The second kappa shape index (κ2) is 6.76. The first kappa shape index (κ1) is 16.9. The van der Waals surface area contributed by atoms with E-state index in [2.05, 4.69) is 0 Å². The van der Waals surface area contributed by atoms with E-state index >= 15 is 0 Å². The van der Waals surface area contributed by atoms with Gasteiger partial charge in [-0.25, -0.2) is 4.79 Å². The van der Waals surface area contributed by atoms with Gasteiger partial charge in [-0.15, -0.1) is 0 Å². The van der Waals surface area contributed by atoms with Crippen molar-refractivity contribution in [2.24, 2.45) is 5.92 Å². The van der Waals surface area contributed by atoms with Gasteiger partial charge < -0.3 is 4.74 Å². The summed E-state index contributed by atoms with van der Waals surface area (Å²) in [7, 11) is 0. The molecule has 2 atom stereocenters. The lowest BCUT2D eigenvalue weighted by atomic mass is 9.98. The molecule has 0 fully saturated rings. The number of Topliss-reactive ketones (excluding diaryl/α,β-unsaturated/α-hetero) is 1. The third-order valence-electron chi connectivity index (χ3n) is 2.95. The number of nitrogens with zero attached hydrogens (tertiary/aromatic N) is 1. The minimum Gasteiger partial charge on any atom is -0.444 e. The molecule has 0 radical (unpaired) electrons. The second-order valence-corrected chi connectivity index (χ2v) is 5.65. The molecule has 0 saturated carbocycles. The predicted molar refractivity (Wildman–Crippen MR) is 72.5 cm³/mol. The highest BCUT2D eigenvalue weighted by Gasteiger charge is 2.30. The van der Waals surface area contributed by atoms with Gasteiger partial charge in [-0.05, 0) is 41.0 Å². The van der Waals surface area contributed by atoms with Crippen molar-refractivity contribution in [1.29, 1.82) is 0 Å². The molecule has 0 rings (SSSR count). The summed E-state index contributed by atoms with van der Waals surface area (Å²) < 4.78 is 5.31. The summed E-state index contributed by atoms with van der Waals surface area (Å²) in [4.78, 5) is 25.6. The third kappa shape index (κ3) is 5.07. The fourth-order valence-corrected chi connectivity index (χ4v) is 1.65. The molecule has 0 aromatic heterocycles. The molecule has 1 amide bonds. The van der Waals surface area contributed by atoms with Gasteiger partial charge in [0.1, 0.15) is 5.60 Å². The van der Waals surface area contributed by atoms with Crippen molar-refractivity contribution in [3.05, 3.63) is 0 Å². The summed E-state index contributed by atoms with van der Waals surface area (Å²) >= 11 is 0. The first-order valence-corrected chi connectivity index (χ1v) is 6.67. The minimum absolute atomic E-state index is 0.0310. The van der Waals surface area contributed by atoms with Crippen LogP contribution in [0.15, 0.2) is 0 Å². The lowest BCUT2D eigenvalue weighted by Gasteiger charge is -2.31. The standard InChI is InChI=1S/C14H27NO3/c1-8-10(3)12(16)11(4)15(9-2)13(17)18-14(5,6)7/h10-11H,8-9H2,1-7H3. The van der Waals surface area contributed by atoms with Gasteiger partial charge in [0.2, 0.25) is 0 Å². The Labute approximate surface area is 111 Å². The average molecular weight is 257 g/mol. The fourth-order valence-electron chi connectivity index (χ4n) is 1.65. The molecule has 0 aliphatic carbocycles. The SMILES string of the molecule is CCC(C)C(=O)C(C)N(CC)C(=O)OC(C)(C)C. The molecule has 0 bridgehead atoms. The third-order valence-corrected chi connectivity index (χ3v) is 2.95. The number of likely N-dealkylation sites (N-methyl/N-ethyl adjacent to an activating group) is 1. The molecular weight excluding hydrogens is 230 g/mol. The highest BCUT2D eigenvalue weighted by molar-refractivity contribution is 5.88. The Morgan fingerprint density at radius 2 is 1.67 bits per heavy atom. The fraction of sp³-hybridized carbons (Fsp3) is 0.857. The van der Waals surface area contributed by atoms with Crippen LogP contribution in [0.2, 0.25) is 0 Å². The summed E-state index contributed by atoms with van der Waals surface area (Å²) in [6.45, 7) is 13.4. The number of hydrogen-bond donors (Lipinski definition) is 0. The number of carbonyl (C=O) groups is 2. The van der Waals surface area contributed by atoms with Crippen molar-refractivity contribution in [2.75, 3.05) is 6.54 Å². The molecule has 106 valence electrons. The molecule has 0 aliphatic rings. The van der Waals surface area contributed by atoms with Crippen molar-refractivity contribution in [3.63, 3.8) is 0 Å². The van der Waals surface area contributed by atoms with Gasteiger partial charge in [-0.1, -0.05) is 13.8 Å². The monoisotopic (exact) mass is 257 g/mol. The first-order chi connectivity index (χ1) is 8.14. The Morgan fingerprint density at radius 3 is 2.00 bits per heavy atom. The van der Waals surface area contributed by atoms with E-state index in [1.165, 1.54) is 4.90 Å². The van der Waals surface area contributed by atoms with Crippen molar-refractivity contribution < 1.29 is 14.3 Å². The Kier molecular flexibility index (Phi) is 6.36. The zero-order valence-corrected chi connectivity index (χ0v) is 12.7. The molecule has 0 aliphatic heterocycles. The summed E-state index contributed by atoms with van der Waals surface area (Å²) in [6, 6.07) is -0.431. The lowest BCUT2D eigenvalue weighted by Crippen LogP contribution is -2.46. The average Bonchev–Trinajstić information content (AvgIpc) is 2.25. The van der Waals surface area contributed by atoms with E-state index in [0.717, 1.165) is 6.42 Å². The molecular formula is C14H27NO3. The summed E-state index contributed by atoms with van der Waals surface area (Å²) in [5.41, 5.74) is -0.538. The lowest BCUT2D eigenvalue weighted by molar-refractivity contribution is -0.127. The van der Waals surface area contributed by atoms with Crippen molar-refractivity contribution in [1.82, 2.24) is 4.90 Å². The van der Waals surface area contributed by atoms with Gasteiger partial charge in [0.05, 0.1) is 6.04 Å². The molecule has 18 heavy (non-hydrogen) atoms. The van der Waals surface area contributed by atoms with Crippen LogP contribution < -0.4 is 0 Å². The van der Waals surface area contributed by atoms with Gasteiger partial charge in [0.15, 0.2) is 5.78 Å². The maximum Gasteiger partial charge on any atom is 0.410 e. The Bertz CT molecular complexity index is 294. The summed E-state index contributed by atoms with van der Waals surface area (Å²) in [5, 5.41) is 0. The van der Waals surface area contributed by atoms with Crippen LogP contribution in [0.1, 0.15) is 54.9 Å². The number of ketones is 1. The number of hydrogen-bond acceptors (Lipinski definition) is 3. The number of rotatable bonds is 5. The molecule has 4 heteroatoms. The zero-order valence-electron chi connectivity index (χ0n) is 12.7. The minimum atomic E-state index is -0.538. The molecule has 4 nitrogen and oxygen atoms in total. The first-order valence-electron chi connectivity index (χ1n) is 6.67. The van der Waals surface area contributed by atoms with Crippen LogP contribution in [-0.2, 0) is 9.53 Å². The van der Waals surface area contributed by atoms with Gasteiger partial charge in [-0.2, -0.15) is 0 Å². The van der Waals surface area contributed by atoms with Crippen LogP contribution in [0.5, 0.6) is 0 Å². The maximum atomic E-state index is 12.1. The maximum absolute atomic E-state index is 12.1. The van der Waals surface area contributed by atoms with Crippen molar-refractivity contribution >= 4 is 11.9 Å². The highest BCUT2D eigenvalue weighted by Crippen LogP contribution is 2.15.